The third kappa shape index (κ3) is 4.90. The number of carbonyl (C=O) groups excluding carboxylic acids is 2. The third-order valence-electron chi connectivity index (χ3n) is 4.01. The number of aryl methyl sites for hydroxylation is 1. The molecule has 3 rings (SSSR count). The molecule has 1 heterocycles. The van der Waals surface area contributed by atoms with Crippen LogP contribution < -0.4 is 10.1 Å². The molecule has 1 saturated heterocycles. The zero-order valence-electron chi connectivity index (χ0n) is 15.0. The van der Waals surface area contributed by atoms with Gasteiger partial charge in [-0.3, -0.25) is 9.59 Å². The Kier molecular flexibility index (Phi) is 6.19. The zero-order chi connectivity index (χ0) is 19.4. The Balaban J connectivity index is 1.66. The Morgan fingerprint density at radius 1 is 1.26 bits per heavy atom. The summed E-state index contributed by atoms with van der Waals surface area (Å²) < 4.78 is 5.40. The van der Waals surface area contributed by atoms with Crippen LogP contribution in [0.3, 0.4) is 0 Å². The van der Waals surface area contributed by atoms with Crippen LogP contribution in [-0.2, 0) is 4.79 Å². The number of rotatable bonds is 6. The lowest BCUT2D eigenvalue weighted by molar-refractivity contribution is -0.118. The molecule has 1 fully saturated rings. The molecule has 140 valence electrons. The van der Waals surface area contributed by atoms with E-state index in [2.05, 4.69) is 10.3 Å². The Morgan fingerprint density at radius 3 is 2.67 bits per heavy atom. The van der Waals surface area contributed by atoms with E-state index in [-0.39, 0.29) is 18.1 Å². The molecule has 0 saturated carbocycles. The number of nitrogens with one attached hydrogen (secondary N) is 1. The molecule has 7 heteroatoms. The summed E-state index contributed by atoms with van der Waals surface area (Å²) in [4.78, 5) is 29.1. The number of ketones is 1. The van der Waals surface area contributed by atoms with E-state index in [1.165, 1.54) is 11.8 Å². The summed E-state index contributed by atoms with van der Waals surface area (Å²) >= 11 is 7.27. The van der Waals surface area contributed by atoms with E-state index in [4.69, 9.17) is 16.3 Å². The summed E-state index contributed by atoms with van der Waals surface area (Å²) in [6.07, 6.45) is 0.111. The summed E-state index contributed by atoms with van der Waals surface area (Å²) in [5.74, 6) is 0.472. The van der Waals surface area contributed by atoms with Crippen molar-refractivity contribution in [2.75, 3.05) is 6.61 Å². The van der Waals surface area contributed by atoms with Crippen LogP contribution in [-0.4, -0.2) is 28.7 Å². The van der Waals surface area contributed by atoms with Gasteiger partial charge in [-0.2, -0.15) is 0 Å². The van der Waals surface area contributed by atoms with Crippen molar-refractivity contribution in [3.63, 3.8) is 0 Å². The second-order valence-electron chi connectivity index (χ2n) is 6.03. The van der Waals surface area contributed by atoms with E-state index in [9.17, 15) is 9.59 Å². The fourth-order valence-electron chi connectivity index (χ4n) is 2.60. The molecule has 1 aliphatic rings. The van der Waals surface area contributed by atoms with Gasteiger partial charge in [0.2, 0.25) is 5.91 Å². The lowest BCUT2D eigenvalue weighted by Crippen LogP contribution is -2.26. The maximum Gasteiger partial charge on any atom is 0.240 e. The van der Waals surface area contributed by atoms with Gasteiger partial charge < -0.3 is 10.1 Å². The van der Waals surface area contributed by atoms with Crippen LogP contribution in [0.15, 0.2) is 47.5 Å². The first-order valence-electron chi connectivity index (χ1n) is 8.54. The number of benzene rings is 2. The second kappa shape index (κ2) is 8.59. The van der Waals surface area contributed by atoms with Crippen LogP contribution in [0.5, 0.6) is 5.75 Å². The standard InChI is InChI=1S/C20H19ClN2O3S/c1-3-26-15-7-5-14(6-8-15)22-20-23-19(25)18(27-20)11-17(24)13-4-9-16(21)12(2)10-13/h4-10,18H,3,11H2,1-2H3,(H,22,23,25). The number of ether oxygens (including phenoxy) is 1. The molecule has 0 aromatic heterocycles. The van der Waals surface area contributed by atoms with Gasteiger partial charge in [0.05, 0.1) is 17.5 Å². The van der Waals surface area contributed by atoms with E-state index in [1.54, 1.807) is 18.2 Å². The predicted molar refractivity (Wildman–Crippen MR) is 109 cm³/mol. The topological polar surface area (TPSA) is 67.8 Å². The van der Waals surface area contributed by atoms with Crippen molar-refractivity contribution in [1.82, 2.24) is 5.32 Å². The zero-order valence-corrected chi connectivity index (χ0v) is 16.6. The summed E-state index contributed by atoms with van der Waals surface area (Å²) in [7, 11) is 0. The first kappa shape index (κ1) is 19.5. The average Bonchev–Trinajstić information content (AvgIpc) is 2.98. The van der Waals surface area contributed by atoms with E-state index in [1.807, 2.05) is 38.1 Å². The van der Waals surface area contributed by atoms with Crippen molar-refractivity contribution in [2.24, 2.45) is 4.99 Å². The first-order chi connectivity index (χ1) is 13.0. The van der Waals surface area contributed by atoms with Gasteiger partial charge in [0, 0.05) is 17.0 Å². The Hall–Kier alpha value is -2.31. The summed E-state index contributed by atoms with van der Waals surface area (Å²) in [6.45, 7) is 4.37. The quantitative estimate of drug-likeness (QED) is 0.720. The second-order valence-corrected chi connectivity index (χ2v) is 7.63. The van der Waals surface area contributed by atoms with E-state index < -0.39 is 5.25 Å². The molecular formula is C20H19ClN2O3S. The number of nitrogens with zero attached hydrogens (tertiary/aromatic N) is 1. The maximum absolute atomic E-state index is 12.5. The number of carbonyl (C=O) groups is 2. The van der Waals surface area contributed by atoms with Crippen molar-refractivity contribution in [2.45, 2.75) is 25.5 Å². The first-order valence-corrected chi connectivity index (χ1v) is 9.80. The normalized spacial score (nSPS) is 17.8. The molecule has 0 radical (unpaired) electrons. The largest absolute Gasteiger partial charge is 0.494 e. The Labute approximate surface area is 167 Å². The summed E-state index contributed by atoms with van der Waals surface area (Å²) in [6, 6.07) is 12.4. The van der Waals surface area contributed by atoms with Crippen LogP contribution in [0.25, 0.3) is 0 Å². The molecule has 5 nitrogen and oxygen atoms in total. The van der Waals surface area contributed by atoms with Crippen LogP contribution in [0.4, 0.5) is 5.69 Å². The molecule has 0 spiro atoms. The van der Waals surface area contributed by atoms with Gasteiger partial charge in [0.15, 0.2) is 11.0 Å². The van der Waals surface area contributed by atoms with E-state index >= 15 is 0 Å². The lowest BCUT2D eigenvalue weighted by Gasteiger charge is -2.06. The molecule has 2 aromatic rings. The van der Waals surface area contributed by atoms with Crippen LogP contribution in [0, 0.1) is 6.92 Å². The molecule has 0 bridgehead atoms. The van der Waals surface area contributed by atoms with Crippen molar-refractivity contribution in [3.8, 4) is 5.75 Å². The highest BCUT2D eigenvalue weighted by Crippen LogP contribution is 2.27. The van der Waals surface area contributed by atoms with Crippen molar-refractivity contribution >= 4 is 45.9 Å². The van der Waals surface area contributed by atoms with Gasteiger partial charge in [0.25, 0.3) is 0 Å². The number of hydrogen-bond donors (Lipinski definition) is 1. The third-order valence-corrected chi connectivity index (χ3v) is 5.51. The van der Waals surface area contributed by atoms with Crippen LogP contribution in [0.1, 0.15) is 29.3 Å². The van der Waals surface area contributed by atoms with Gasteiger partial charge in [-0.25, -0.2) is 4.99 Å². The van der Waals surface area contributed by atoms with Gasteiger partial charge in [-0.15, -0.1) is 0 Å². The van der Waals surface area contributed by atoms with Crippen LogP contribution >= 0.6 is 23.4 Å². The van der Waals surface area contributed by atoms with Crippen LogP contribution in [0.2, 0.25) is 5.02 Å². The minimum absolute atomic E-state index is 0.0928. The molecule has 1 unspecified atom stereocenters. The SMILES string of the molecule is CCOc1ccc(N=C2NC(=O)C(CC(=O)c3ccc(Cl)c(C)c3)S2)cc1. The lowest BCUT2D eigenvalue weighted by atomic mass is 10.0. The number of Topliss-reactive ketones (excluding diaryl/α,β-unsaturated/α-hetero) is 1. The van der Waals surface area contributed by atoms with Crippen molar-refractivity contribution in [1.29, 1.82) is 0 Å². The summed E-state index contributed by atoms with van der Waals surface area (Å²) in [5, 5.41) is 3.36. The van der Waals surface area contributed by atoms with Gasteiger partial charge in [0.1, 0.15) is 5.75 Å². The summed E-state index contributed by atoms with van der Waals surface area (Å²) in [5.41, 5.74) is 2.10. The number of aliphatic imine (C=N–C) groups is 1. The van der Waals surface area contributed by atoms with Gasteiger partial charge in [-0.05, 0) is 61.9 Å². The number of amides is 1. The molecule has 2 aromatic carbocycles. The highest BCUT2D eigenvalue weighted by molar-refractivity contribution is 8.15. The fourth-order valence-corrected chi connectivity index (χ4v) is 3.70. The highest BCUT2D eigenvalue weighted by atomic mass is 35.5. The average molecular weight is 403 g/mol. The van der Waals surface area contributed by atoms with Gasteiger partial charge in [-0.1, -0.05) is 23.4 Å². The molecule has 0 aliphatic carbocycles. The van der Waals surface area contributed by atoms with Crippen molar-refractivity contribution in [3.05, 3.63) is 58.6 Å². The molecule has 1 amide bonds. The van der Waals surface area contributed by atoms with E-state index in [0.29, 0.717) is 28.0 Å². The molecule has 27 heavy (non-hydrogen) atoms. The Morgan fingerprint density at radius 2 is 2.00 bits per heavy atom. The minimum atomic E-state index is -0.491. The molecule has 1 N–H and O–H groups in total. The number of hydrogen-bond acceptors (Lipinski definition) is 5. The highest BCUT2D eigenvalue weighted by Gasteiger charge is 2.32. The molecular weight excluding hydrogens is 384 g/mol. The smallest absolute Gasteiger partial charge is 0.240 e. The number of halogens is 1. The maximum atomic E-state index is 12.5. The minimum Gasteiger partial charge on any atom is -0.494 e. The van der Waals surface area contributed by atoms with E-state index in [0.717, 1.165) is 11.3 Å². The number of thioether (sulfide) groups is 1. The van der Waals surface area contributed by atoms with Crippen molar-refractivity contribution < 1.29 is 14.3 Å². The predicted octanol–water partition coefficient (Wildman–Crippen LogP) is 4.54. The monoisotopic (exact) mass is 402 g/mol. The fraction of sp³-hybridized carbons (Fsp3) is 0.250. The molecule has 1 atom stereocenters. The Bertz CT molecular complexity index is 897. The molecule has 1 aliphatic heterocycles. The number of amidine groups is 1. The van der Waals surface area contributed by atoms with Gasteiger partial charge >= 0.3 is 0 Å².